The molecule has 302 valence electrons. The molecule has 6 atom stereocenters. The first-order valence-corrected chi connectivity index (χ1v) is 19.9. The number of ether oxygens (including phenoxy) is 1. The summed E-state index contributed by atoms with van der Waals surface area (Å²) in [4.78, 5) is 97.7. The first-order valence-electron chi connectivity index (χ1n) is 19.9. The van der Waals surface area contributed by atoms with E-state index in [4.69, 9.17) is 4.74 Å². The summed E-state index contributed by atoms with van der Waals surface area (Å²) in [7, 11) is 3.14. The molecule has 1 aliphatic heterocycles. The van der Waals surface area contributed by atoms with Gasteiger partial charge < -0.3 is 35.8 Å². The van der Waals surface area contributed by atoms with Crippen LogP contribution in [-0.4, -0.2) is 102 Å². The molecule has 0 spiro atoms. The lowest BCUT2D eigenvalue weighted by Gasteiger charge is -2.37. The molecule has 0 bridgehead atoms. The predicted molar refractivity (Wildman–Crippen MR) is 204 cm³/mol. The molecule has 14 heteroatoms. The molecule has 3 aliphatic carbocycles. The van der Waals surface area contributed by atoms with Gasteiger partial charge >= 0.3 is 6.09 Å². The number of nitrogens with one attached hydrogen (secondary N) is 4. The molecule has 4 unspecified atom stereocenters. The van der Waals surface area contributed by atoms with E-state index < -0.39 is 65.9 Å². The summed E-state index contributed by atoms with van der Waals surface area (Å²) in [6.45, 7) is 9.17. The monoisotopic (exact) mass is 764 g/mol. The van der Waals surface area contributed by atoms with Gasteiger partial charge in [0.25, 0.3) is 5.91 Å². The van der Waals surface area contributed by atoms with Gasteiger partial charge in [-0.1, -0.05) is 82.7 Å². The summed E-state index contributed by atoms with van der Waals surface area (Å²) < 4.78 is 5.54. The van der Waals surface area contributed by atoms with E-state index in [-0.39, 0.29) is 47.3 Å². The largest absolute Gasteiger partial charge is 0.444 e. The zero-order chi connectivity index (χ0) is 40.2. The molecular weight excluding hydrogens is 704 g/mol. The third-order valence-electron chi connectivity index (χ3n) is 12.0. The highest BCUT2D eigenvalue weighted by Gasteiger charge is 2.69. The van der Waals surface area contributed by atoms with Crippen molar-refractivity contribution in [3.05, 3.63) is 35.9 Å². The first kappa shape index (κ1) is 41.7. The van der Waals surface area contributed by atoms with Crippen LogP contribution in [0.4, 0.5) is 4.79 Å². The van der Waals surface area contributed by atoms with Gasteiger partial charge in [0.2, 0.25) is 29.4 Å². The minimum absolute atomic E-state index is 0.0578. The van der Waals surface area contributed by atoms with Crippen molar-refractivity contribution >= 4 is 41.4 Å². The van der Waals surface area contributed by atoms with Crippen LogP contribution in [0.2, 0.25) is 0 Å². The van der Waals surface area contributed by atoms with Crippen LogP contribution in [0.3, 0.4) is 0 Å². The molecule has 4 N–H and O–H groups in total. The number of likely N-dealkylation sites (N-methyl/N-ethyl adjacent to an activating group) is 1. The molecule has 0 aromatic heterocycles. The zero-order valence-corrected chi connectivity index (χ0v) is 33.4. The van der Waals surface area contributed by atoms with Gasteiger partial charge in [0, 0.05) is 20.6 Å². The molecular formula is C41H60N6O8. The van der Waals surface area contributed by atoms with E-state index >= 15 is 0 Å². The Hall–Kier alpha value is -4.49. The minimum Gasteiger partial charge on any atom is -0.444 e. The maximum atomic E-state index is 14.5. The fraction of sp³-hybridized carbons (Fsp3) is 0.683. The SMILES string of the molecule is CN(C)C(=O)C(NC(=O)CNC(=O)C(=O)C(CC1CCC1)NC(=O)[C@@H]1C2C(CN1C(=O)[C@@H](NC(=O)OC(C)(C)C)C1CCCCC1)C2(C)C)c1ccccc1. The quantitative estimate of drug-likeness (QED) is 0.208. The van der Waals surface area contributed by atoms with Crippen molar-refractivity contribution in [2.45, 2.75) is 122 Å². The molecule has 4 fully saturated rings. The normalized spacial score (nSPS) is 23.5. The molecule has 3 saturated carbocycles. The average molecular weight is 765 g/mol. The first-order chi connectivity index (χ1) is 25.9. The second-order valence-corrected chi connectivity index (χ2v) is 17.7. The van der Waals surface area contributed by atoms with Crippen LogP contribution in [0.25, 0.3) is 0 Å². The number of carbonyl (C=O) groups is 7. The molecule has 5 rings (SSSR count). The Morgan fingerprint density at radius 3 is 2.13 bits per heavy atom. The topological polar surface area (TPSA) is 183 Å². The summed E-state index contributed by atoms with van der Waals surface area (Å²) in [5.74, 6) is -3.88. The Labute approximate surface area is 324 Å². The van der Waals surface area contributed by atoms with Crippen LogP contribution in [0.5, 0.6) is 0 Å². The molecule has 1 heterocycles. The van der Waals surface area contributed by atoms with Crippen molar-refractivity contribution in [3.8, 4) is 0 Å². The van der Waals surface area contributed by atoms with Crippen molar-refractivity contribution < 1.29 is 38.3 Å². The highest BCUT2D eigenvalue weighted by molar-refractivity contribution is 6.38. The second-order valence-electron chi connectivity index (χ2n) is 17.7. The summed E-state index contributed by atoms with van der Waals surface area (Å²) >= 11 is 0. The number of alkyl carbamates (subject to hydrolysis) is 1. The number of hydrogen-bond donors (Lipinski definition) is 4. The number of Topliss-reactive ketones (excluding diaryl/α,β-unsaturated/α-hetero) is 1. The van der Waals surface area contributed by atoms with Crippen molar-refractivity contribution in [2.75, 3.05) is 27.2 Å². The lowest BCUT2D eigenvalue weighted by molar-refractivity contribution is -0.145. The van der Waals surface area contributed by atoms with Crippen LogP contribution >= 0.6 is 0 Å². The summed E-state index contributed by atoms with van der Waals surface area (Å²) in [5, 5.41) is 10.8. The Morgan fingerprint density at radius 1 is 0.891 bits per heavy atom. The molecule has 55 heavy (non-hydrogen) atoms. The van der Waals surface area contributed by atoms with Gasteiger partial charge in [-0.15, -0.1) is 0 Å². The van der Waals surface area contributed by atoms with E-state index in [1.54, 1.807) is 70.1 Å². The lowest BCUT2D eigenvalue weighted by Crippen LogP contribution is -2.60. The molecule has 1 aromatic rings. The van der Waals surface area contributed by atoms with E-state index in [0.717, 1.165) is 51.4 Å². The smallest absolute Gasteiger partial charge is 0.408 e. The van der Waals surface area contributed by atoms with Crippen LogP contribution in [-0.2, 0) is 33.5 Å². The number of ketones is 1. The van der Waals surface area contributed by atoms with Gasteiger partial charge in [-0.25, -0.2) is 4.79 Å². The number of amides is 6. The number of hydrogen-bond acceptors (Lipinski definition) is 8. The average Bonchev–Trinajstić information content (AvgIpc) is 3.41. The third kappa shape index (κ3) is 10.0. The van der Waals surface area contributed by atoms with Crippen molar-refractivity contribution in [1.29, 1.82) is 0 Å². The molecule has 1 saturated heterocycles. The lowest BCUT2D eigenvalue weighted by atomic mass is 9.80. The molecule has 4 aliphatic rings. The van der Waals surface area contributed by atoms with Crippen LogP contribution in [0, 0.1) is 29.1 Å². The standard InChI is InChI=1S/C41H60N6O8/c1-40(2,3)55-39(54)45-32(26-19-12-9-13-20-26)38(53)47-23-27-30(41(27,4)5)33(47)35(50)43-28(21-24-15-14-16-24)34(49)36(51)42-22-29(48)44-31(37(52)46(6)7)25-17-10-8-11-18-25/h8,10-11,17-18,24,26-28,30-33H,9,12-16,19-23H2,1-7H3,(H,42,51)(H,43,50)(H,44,48)(H,45,54)/t27?,28?,30?,31?,32-,33-/m0/s1. The van der Waals surface area contributed by atoms with Gasteiger partial charge in [-0.05, 0) is 74.7 Å². The molecule has 14 nitrogen and oxygen atoms in total. The third-order valence-corrected chi connectivity index (χ3v) is 12.0. The zero-order valence-electron chi connectivity index (χ0n) is 33.4. The number of piperidine rings is 1. The van der Waals surface area contributed by atoms with Crippen molar-refractivity contribution in [2.24, 2.45) is 29.1 Å². The van der Waals surface area contributed by atoms with E-state index in [1.165, 1.54) is 4.90 Å². The Morgan fingerprint density at radius 2 is 1.55 bits per heavy atom. The van der Waals surface area contributed by atoms with Crippen molar-refractivity contribution in [3.63, 3.8) is 0 Å². The Bertz CT molecular complexity index is 1610. The Kier molecular flexibility index (Phi) is 13.0. The number of benzene rings is 1. The number of fused-ring (bicyclic) bond motifs is 1. The summed E-state index contributed by atoms with van der Waals surface area (Å²) in [5.41, 5.74) is -0.423. The highest BCUT2D eigenvalue weighted by atomic mass is 16.6. The molecule has 1 aromatic carbocycles. The van der Waals surface area contributed by atoms with Gasteiger partial charge in [0.15, 0.2) is 0 Å². The second kappa shape index (κ2) is 17.1. The van der Waals surface area contributed by atoms with E-state index in [1.807, 2.05) is 0 Å². The van der Waals surface area contributed by atoms with Crippen LogP contribution in [0.1, 0.15) is 104 Å². The number of likely N-dealkylation sites (tertiary alicyclic amines) is 1. The van der Waals surface area contributed by atoms with Crippen LogP contribution < -0.4 is 21.3 Å². The van der Waals surface area contributed by atoms with Gasteiger partial charge in [0.05, 0.1) is 12.6 Å². The molecule has 0 radical (unpaired) electrons. The van der Waals surface area contributed by atoms with Gasteiger partial charge in [-0.3, -0.25) is 28.8 Å². The highest BCUT2D eigenvalue weighted by Crippen LogP contribution is 2.65. The minimum atomic E-state index is -1.17. The van der Waals surface area contributed by atoms with Crippen LogP contribution in [0.15, 0.2) is 30.3 Å². The fourth-order valence-electron chi connectivity index (χ4n) is 8.63. The van der Waals surface area contributed by atoms with Crippen molar-refractivity contribution in [1.82, 2.24) is 31.1 Å². The van der Waals surface area contributed by atoms with Gasteiger partial charge in [0.1, 0.15) is 23.7 Å². The number of rotatable bonds is 14. The van der Waals surface area contributed by atoms with Gasteiger partial charge in [-0.2, -0.15) is 0 Å². The number of nitrogens with zero attached hydrogens (tertiary/aromatic N) is 2. The van der Waals surface area contributed by atoms with E-state index in [0.29, 0.717) is 12.1 Å². The van der Waals surface area contributed by atoms with E-state index in [9.17, 15) is 33.6 Å². The number of carbonyl (C=O) groups excluding carboxylic acids is 7. The maximum absolute atomic E-state index is 14.5. The maximum Gasteiger partial charge on any atom is 0.408 e. The predicted octanol–water partition coefficient (Wildman–Crippen LogP) is 3.25. The molecule has 6 amide bonds. The Balaban J connectivity index is 1.29. The summed E-state index contributed by atoms with van der Waals surface area (Å²) in [6, 6.07) is 4.77. The fourth-order valence-corrected chi connectivity index (χ4v) is 8.63. The summed E-state index contributed by atoms with van der Waals surface area (Å²) in [6.07, 6.45) is 6.70. The van der Waals surface area contributed by atoms with E-state index in [2.05, 4.69) is 35.1 Å².